The normalized spacial score (nSPS) is 13.7. The van der Waals surface area contributed by atoms with Crippen molar-refractivity contribution in [3.63, 3.8) is 0 Å². The van der Waals surface area contributed by atoms with Crippen molar-refractivity contribution in [1.29, 1.82) is 0 Å². The van der Waals surface area contributed by atoms with Gasteiger partial charge in [-0.15, -0.1) is 0 Å². The Kier molecular flexibility index (Phi) is 5.34. The molecule has 0 saturated heterocycles. The Morgan fingerprint density at radius 3 is 2.92 bits per heavy atom. The van der Waals surface area contributed by atoms with Crippen molar-refractivity contribution in [1.82, 2.24) is 19.7 Å². The second-order valence-corrected chi connectivity index (χ2v) is 7.21. The minimum absolute atomic E-state index is 0.0753. The van der Waals surface area contributed by atoms with Crippen LogP contribution in [0.5, 0.6) is 0 Å². The second-order valence-electron chi connectivity index (χ2n) is 6.77. The fourth-order valence-electron chi connectivity index (χ4n) is 2.94. The number of carbonyl (C=O) groups is 1. The van der Waals surface area contributed by atoms with Gasteiger partial charge in [-0.2, -0.15) is 5.10 Å². The molecule has 6 nitrogen and oxygen atoms in total. The van der Waals surface area contributed by atoms with Crippen LogP contribution in [0.25, 0.3) is 10.9 Å². The first-order chi connectivity index (χ1) is 12.3. The van der Waals surface area contributed by atoms with Crippen molar-refractivity contribution in [2.24, 2.45) is 7.05 Å². The van der Waals surface area contributed by atoms with Gasteiger partial charge < -0.3 is 15.0 Å². The summed E-state index contributed by atoms with van der Waals surface area (Å²) in [6.45, 7) is 2.57. The largest absolute Gasteiger partial charge is 0.383 e. The molecule has 0 aliphatic rings. The summed E-state index contributed by atoms with van der Waals surface area (Å²) in [5.74, 6) is -0.0753. The Labute approximate surface area is 157 Å². The molecule has 0 aliphatic heterocycles. The molecule has 1 unspecified atom stereocenters. The van der Waals surface area contributed by atoms with Crippen LogP contribution >= 0.6 is 11.6 Å². The highest BCUT2D eigenvalue weighted by Crippen LogP contribution is 2.21. The molecule has 2 N–H and O–H groups in total. The smallest absolute Gasteiger partial charge is 0.220 e. The third-order valence-corrected chi connectivity index (χ3v) is 4.73. The minimum atomic E-state index is -1.14. The number of fused-ring (bicyclic) bond motifs is 1. The van der Waals surface area contributed by atoms with E-state index in [0.29, 0.717) is 18.4 Å². The van der Waals surface area contributed by atoms with Gasteiger partial charge in [-0.1, -0.05) is 11.6 Å². The van der Waals surface area contributed by atoms with Crippen LogP contribution in [-0.4, -0.2) is 31.9 Å². The maximum Gasteiger partial charge on any atom is 0.220 e. The topological polar surface area (TPSA) is 72.1 Å². The quantitative estimate of drug-likeness (QED) is 0.668. The number of nitrogens with one attached hydrogen (secondary N) is 1. The van der Waals surface area contributed by atoms with Crippen molar-refractivity contribution >= 4 is 28.4 Å². The zero-order valence-corrected chi connectivity index (χ0v) is 15.7. The lowest BCUT2D eigenvalue weighted by atomic mass is 10.00. The summed E-state index contributed by atoms with van der Waals surface area (Å²) in [7, 11) is 1.79. The van der Waals surface area contributed by atoms with E-state index in [0.717, 1.165) is 22.5 Å². The third kappa shape index (κ3) is 4.26. The Balaban J connectivity index is 1.48. The molecule has 3 aromatic rings. The first kappa shape index (κ1) is 18.5. The second kappa shape index (κ2) is 7.51. The number of aryl methyl sites for hydroxylation is 2. The molecule has 138 valence electrons. The van der Waals surface area contributed by atoms with E-state index >= 15 is 0 Å². The molecule has 0 fully saturated rings. The first-order valence-corrected chi connectivity index (χ1v) is 8.95. The zero-order valence-electron chi connectivity index (χ0n) is 14.9. The lowest BCUT2D eigenvalue weighted by Gasteiger charge is -2.22. The van der Waals surface area contributed by atoms with Gasteiger partial charge in [-0.05, 0) is 37.6 Å². The SMILES string of the molecule is Cn1cc(C(C)(O)CNC(=O)CCCn2ccc3cc(Cl)ccc32)cn1. The highest BCUT2D eigenvalue weighted by Gasteiger charge is 2.25. The Hall–Kier alpha value is -2.31. The molecule has 0 aliphatic carbocycles. The molecule has 1 amide bonds. The average molecular weight is 375 g/mol. The van der Waals surface area contributed by atoms with Crippen LogP contribution < -0.4 is 5.32 Å². The number of amides is 1. The van der Waals surface area contributed by atoms with Crippen molar-refractivity contribution < 1.29 is 9.90 Å². The molecular weight excluding hydrogens is 352 g/mol. The van der Waals surface area contributed by atoms with Gasteiger partial charge in [0.05, 0.1) is 12.7 Å². The molecule has 2 aromatic heterocycles. The van der Waals surface area contributed by atoms with Gasteiger partial charge in [0, 0.05) is 53.9 Å². The van der Waals surface area contributed by atoms with Gasteiger partial charge in [0.15, 0.2) is 0 Å². The summed E-state index contributed by atoms with van der Waals surface area (Å²) < 4.78 is 3.74. The number of hydrogen-bond donors (Lipinski definition) is 2. The fourth-order valence-corrected chi connectivity index (χ4v) is 3.12. The Morgan fingerprint density at radius 2 is 2.19 bits per heavy atom. The van der Waals surface area contributed by atoms with Crippen LogP contribution in [-0.2, 0) is 24.0 Å². The summed E-state index contributed by atoms with van der Waals surface area (Å²) in [5, 5.41) is 19.1. The molecular formula is C19H23ClN4O2. The van der Waals surface area contributed by atoms with E-state index in [1.165, 1.54) is 0 Å². The lowest BCUT2D eigenvalue weighted by Crippen LogP contribution is -2.38. The third-order valence-electron chi connectivity index (χ3n) is 4.49. The fraction of sp³-hybridized carbons (Fsp3) is 0.368. The first-order valence-electron chi connectivity index (χ1n) is 8.58. The number of carbonyl (C=O) groups excluding carboxylic acids is 1. The average Bonchev–Trinajstić information content (AvgIpc) is 3.20. The van der Waals surface area contributed by atoms with Gasteiger partial charge in [-0.25, -0.2) is 0 Å². The standard InChI is InChI=1S/C19H23ClN4O2/c1-19(26,15-11-22-23(2)12-15)13-21-18(25)4-3-8-24-9-7-14-10-16(20)5-6-17(14)24/h5-7,9-12,26H,3-4,8,13H2,1-2H3,(H,21,25). The summed E-state index contributed by atoms with van der Waals surface area (Å²) in [4.78, 5) is 12.1. The molecule has 1 atom stereocenters. The van der Waals surface area contributed by atoms with Gasteiger partial charge in [0.1, 0.15) is 5.60 Å². The highest BCUT2D eigenvalue weighted by molar-refractivity contribution is 6.31. The zero-order chi connectivity index (χ0) is 18.7. The predicted octanol–water partition coefficient (Wildman–Crippen LogP) is 2.83. The lowest BCUT2D eigenvalue weighted by molar-refractivity contribution is -0.122. The Bertz CT molecular complexity index is 913. The molecule has 2 heterocycles. The highest BCUT2D eigenvalue weighted by atomic mass is 35.5. The van der Waals surface area contributed by atoms with Crippen molar-refractivity contribution in [3.05, 3.63) is 53.4 Å². The monoisotopic (exact) mass is 374 g/mol. The van der Waals surface area contributed by atoms with Gasteiger partial charge in [0.25, 0.3) is 0 Å². The van der Waals surface area contributed by atoms with Gasteiger partial charge >= 0.3 is 0 Å². The molecule has 26 heavy (non-hydrogen) atoms. The van der Waals surface area contributed by atoms with Crippen molar-refractivity contribution in [3.8, 4) is 0 Å². The summed E-state index contributed by atoms with van der Waals surface area (Å²) in [6.07, 6.45) is 6.47. The van der Waals surface area contributed by atoms with Crippen LogP contribution in [0.15, 0.2) is 42.9 Å². The van der Waals surface area contributed by atoms with E-state index < -0.39 is 5.60 Å². The van der Waals surface area contributed by atoms with E-state index in [2.05, 4.69) is 15.0 Å². The van der Waals surface area contributed by atoms with E-state index in [9.17, 15) is 9.90 Å². The van der Waals surface area contributed by atoms with Crippen molar-refractivity contribution in [2.75, 3.05) is 6.54 Å². The van der Waals surface area contributed by atoms with Crippen LogP contribution in [0.2, 0.25) is 5.02 Å². The van der Waals surface area contributed by atoms with E-state index in [-0.39, 0.29) is 12.5 Å². The van der Waals surface area contributed by atoms with Crippen LogP contribution in [0.4, 0.5) is 0 Å². The molecule has 3 rings (SSSR count). The number of halogens is 1. The van der Waals surface area contributed by atoms with Gasteiger partial charge in [0.2, 0.25) is 5.91 Å². The van der Waals surface area contributed by atoms with Crippen LogP contribution in [0, 0.1) is 0 Å². The number of aliphatic hydroxyl groups is 1. The van der Waals surface area contributed by atoms with Crippen molar-refractivity contribution in [2.45, 2.75) is 31.9 Å². The van der Waals surface area contributed by atoms with E-state index in [4.69, 9.17) is 11.6 Å². The van der Waals surface area contributed by atoms with E-state index in [1.54, 1.807) is 31.0 Å². The number of benzene rings is 1. The van der Waals surface area contributed by atoms with E-state index in [1.807, 2.05) is 30.5 Å². The molecule has 1 aromatic carbocycles. The number of rotatable bonds is 7. The Morgan fingerprint density at radius 1 is 1.38 bits per heavy atom. The molecule has 0 saturated carbocycles. The minimum Gasteiger partial charge on any atom is -0.383 e. The maximum atomic E-state index is 12.1. The van der Waals surface area contributed by atoms with Gasteiger partial charge in [-0.3, -0.25) is 9.48 Å². The van der Waals surface area contributed by atoms with Crippen LogP contribution in [0.3, 0.4) is 0 Å². The molecule has 7 heteroatoms. The molecule has 0 spiro atoms. The molecule has 0 radical (unpaired) electrons. The molecule has 0 bridgehead atoms. The maximum absolute atomic E-state index is 12.1. The number of hydrogen-bond acceptors (Lipinski definition) is 3. The predicted molar refractivity (Wildman–Crippen MR) is 102 cm³/mol. The van der Waals surface area contributed by atoms with Crippen LogP contribution in [0.1, 0.15) is 25.3 Å². The summed E-state index contributed by atoms with van der Waals surface area (Å²) >= 11 is 6.00. The summed E-state index contributed by atoms with van der Waals surface area (Å²) in [5.41, 5.74) is 0.645. The number of aromatic nitrogens is 3. The number of nitrogens with zero attached hydrogens (tertiary/aromatic N) is 3. The summed E-state index contributed by atoms with van der Waals surface area (Å²) in [6, 6.07) is 7.81.